The summed E-state index contributed by atoms with van der Waals surface area (Å²) in [5.74, 6) is 0.576. The maximum Gasteiger partial charge on any atom is 0.162 e. The van der Waals surface area contributed by atoms with E-state index in [1.807, 2.05) is 53.4 Å². The van der Waals surface area contributed by atoms with Crippen molar-refractivity contribution in [2.24, 2.45) is 11.1 Å². The second kappa shape index (κ2) is 7.90. The second-order valence-electron chi connectivity index (χ2n) is 8.74. The van der Waals surface area contributed by atoms with Gasteiger partial charge in [-0.15, -0.1) is 0 Å². The van der Waals surface area contributed by atoms with Crippen LogP contribution in [-0.2, 0) is 4.79 Å². The molecule has 31 heavy (non-hydrogen) atoms. The third-order valence-corrected chi connectivity index (χ3v) is 6.37. The molecule has 0 radical (unpaired) electrons. The summed E-state index contributed by atoms with van der Waals surface area (Å²) in [4.78, 5) is 15.4. The maximum absolute atomic E-state index is 13.5. The first kappa shape index (κ1) is 21.2. The number of rotatable bonds is 3. The first-order valence-electron chi connectivity index (χ1n) is 10.1. The number of halogens is 1. The number of nitrogens with zero attached hydrogens (tertiary/aromatic N) is 2. The predicted molar refractivity (Wildman–Crippen MR) is 124 cm³/mol. The van der Waals surface area contributed by atoms with E-state index in [0.29, 0.717) is 35.6 Å². The van der Waals surface area contributed by atoms with Crippen molar-refractivity contribution in [2.75, 3.05) is 12.0 Å². The van der Waals surface area contributed by atoms with Gasteiger partial charge in [0.1, 0.15) is 11.6 Å². The number of hydrogen-bond acceptors (Lipinski definition) is 5. The van der Waals surface area contributed by atoms with Gasteiger partial charge in [0.05, 0.1) is 24.7 Å². The zero-order valence-electron chi connectivity index (χ0n) is 17.8. The van der Waals surface area contributed by atoms with Crippen LogP contribution in [-0.4, -0.2) is 12.9 Å². The molecule has 0 amide bonds. The lowest BCUT2D eigenvalue weighted by atomic mass is 9.68. The van der Waals surface area contributed by atoms with E-state index in [1.54, 1.807) is 7.11 Å². The average Bonchev–Trinajstić information content (AvgIpc) is 2.72. The molecular weight excluding hydrogens is 454 g/mol. The molecule has 2 aromatic rings. The molecule has 0 bridgehead atoms. The first-order valence-corrected chi connectivity index (χ1v) is 10.9. The fraction of sp³-hybridized carbons (Fsp3) is 0.280. The van der Waals surface area contributed by atoms with Gasteiger partial charge in [-0.1, -0.05) is 48.0 Å². The van der Waals surface area contributed by atoms with E-state index in [1.165, 1.54) is 0 Å². The molecule has 0 unspecified atom stereocenters. The van der Waals surface area contributed by atoms with Gasteiger partial charge in [0.25, 0.3) is 0 Å². The number of ketones is 1. The molecule has 1 aliphatic carbocycles. The lowest BCUT2D eigenvalue weighted by molar-refractivity contribution is -0.118. The van der Waals surface area contributed by atoms with Crippen molar-refractivity contribution >= 4 is 27.4 Å². The molecule has 4 rings (SSSR count). The number of nitrogens with two attached hydrogens (primary N) is 1. The fourth-order valence-electron chi connectivity index (χ4n) is 4.57. The second-order valence-corrected chi connectivity index (χ2v) is 9.65. The smallest absolute Gasteiger partial charge is 0.162 e. The van der Waals surface area contributed by atoms with Crippen LogP contribution in [0.25, 0.3) is 0 Å². The molecular formula is C25H24BrN3O2. The summed E-state index contributed by atoms with van der Waals surface area (Å²) in [6.45, 7) is 4.18. The van der Waals surface area contributed by atoms with Crippen molar-refractivity contribution in [1.29, 1.82) is 5.26 Å². The first-order chi connectivity index (χ1) is 14.8. The Balaban J connectivity index is 2.00. The molecule has 2 aromatic carbocycles. The minimum absolute atomic E-state index is 0.0549. The highest BCUT2D eigenvalue weighted by Gasteiger charge is 2.44. The van der Waals surface area contributed by atoms with Crippen LogP contribution < -0.4 is 15.4 Å². The number of hydrogen-bond donors (Lipinski definition) is 1. The highest BCUT2D eigenvalue weighted by atomic mass is 79.9. The van der Waals surface area contributed by atoms with E-state index in [0.717, 1.165) is 21.4 Å². The Morgan fingerprint density at radius 1 is 1.19 bits per heavy atom. The van der Waals surface area contributed by atoms with Gasteiger partial charge in [-0.3, -0.25) is 9.69 Å². The summed E-state index contributed by atoms with van der Waals surface area (Å²) in [6, 6.07) is 17.6. The van der Waals surface area contributed by atoms with E-state index in [4.69, 9.17) is 10.5 Å². The monoisotopic (exact) mass is 477 g/mol. The van der Waals surface area contributed by atoms with Gasteiger partial charge in [0.2, 0.25) is 0 Å². The highest BCUT2D eigenvalue weighted by molar-refractivity contribution is 9.10. The Morgan fingerprint density at radius 2 is 1.94 bits per heavy atom. The van der Waals surface area contributed by atoms with Crippen LogP contribution in [0, 0.1) is 16.7 Å². The van der Waals surface area contributed by atoms with Crippen molar-refractivity contribution in [3.05, 3.63) is 81.2 Å². The summed E-state index contributed by atoms with van der Waals surface area (Å²) in [5.41, 5.74) is 9.98. The Bertz CT molecular complexity index is 1170. The van der Waals surface area contributed by atoms with Crippen LogP contribution in [0.3, 0.4) is 0 Å². The van der Waals surface area contributed by atoms with Crippen molar-refractivity contribution in [3.8, 4) is 11.8 Å². The number of benzene rings is 2. The number of carbonyl (C=O) groups is 1. The van der Waals surface area contributed by atoms with Gasteiger partial charge in [0.15, 0.2) is 5.78 Å². The number of Topliss-reactive ketones (excluding diaryl/α,β-unsaturated/α-hetero) is 1. The molecule has 2 aliphatic rings. The largest absolute Gasteiger partial charge is 0.497 e. The normalized spacial score (nSPS) is 20.4. The Labute approximate surface area is 190 Å². The van der Waals surface area contributed by atoms with E-state index in [9.17, 15) is 10.1 Å². The Kier molecular flexibility index (Phi) is 5.40. The SMILES string of the molecule is COc1cccc([C@H]2C(C#N)=C(N)N(c3cccc(Br)c3)C3=C2C(=O)CC(C)(C)C3)c1. The summed E-state index contributed by atoms with van der Waals surface area (Å²) >= 11 is 3.52. The van der Waals surface area contributed by atoms with Gasteiger partial charge >= 0.3 is 0 Å². The number of ether oxygens (including phenoxy) is 1. The molecule has 6 heteroatoms. The average molecular weight is 478 g/mol. The minimum atomic E-state index is -0.512. The lowest BCUT2D eigenvalue weighted by Gasteiger charge is -2.43. The molecule has 2 N–H and O–H groups in total. The molecule has 1 atom stereocenters. The van der Waals surface area contributed by atoms with E-state index in [2.05, 4.69) is 35.8 Å². The van der Waals surface area contributed by atoms with Gasteiger partial charge < -0.3 is 10.5 Å². The highest BCUT2D eigenvalue weighted by Crippen LogP contribution is 2.50. The van der Waals surface area contributed by atoms with E-state index >= 15 is 0 Å². The maximum atomic E-state index is 13.5. The molecule has 5 nitrogen and oxygen atoms in total. The van der Waals surface area contributed by atoms with Crippen LogP contribution >= 0.6 is 15.9 Å². The predicted octanol–water partition coefficient (Wildman–Crippen LogP) is 5.40. The Hall–Kier alpha value is -3.04. The fourth-order valence-corrected chi connectivity index (χ4v) is 4.96. The summed E-state index contributed by atoms with van der Waals surface area (Å²) in [5, 5.41) is 10.1. The van der Waals surface area contributed by atoms with Crippen molar-refractivity contribution in [3.63, 3.8) is 0 Å². The van der Waals surface area contributed by atoms with Gasteiger partial charge in [-0.2, -0.15) is 5.26 Å². The standard InChI is InChI=1S/C25H24BrN3O2/c1-25(2)12-20-23(21(30)13-25)22(15-6-4-9-18(10-15)31-3)19(14-27)24(28)29(20)17-8-5-7-16(26)11-17/h4-11,22H,12-13,28H2,1-3H3/t22-/m0/s1. The van der Waals surface area contributed by atoms with Crippen LogP contribution in [0.4, 0.5) is 5.69 Å². The van der Waals surface area contributed by atoms with Crippen LogP contribution in [0.2, 0.25) is 0 Å². The number of carbonyl (C=O) groups excluding carboxylic acids is 1. The van der Waals surface area contributed by atoms with E-state index < -0.39 is 5.92 Å². The molecule has 1 heterocycles. The third-order valence-electron chi connectivity index (χ3n) is 5.87. The van der Waals surface area contributed by atoms with Crippen molar-refractivity contribution in [1.82, 2.24) is 0 Å². The van der Waals surface area contributed by atoms with Gasteiger partial charge in [-0.05, 0) is 47.7 Å². The topological polar surface area (TPSA) is 79.3 Å². The summed E-state index contributed by atoms with van der Waals surface area (Å²) in [6.07, 6.45) is 1.11. The van der Waals surface area contributed by atoms with E-state index in [-0.39, 0.29) is 11.2 Å². The summed E-state index contributed by atoms with van der Waals surface area (Å²) in [7, 11) is 1.60. The molecule has 1 aliphatic heterocycles. The minimum Gasteiger partial charge on any atom is -0.497 e. The zero-order valence-corrected chi connectivity index (χ0v) is 19.4. The van der Waals surface area contributed by atoms with Crippen LogP contribution in [0.1, 0.15) is 38.2 Å². The van der Waals surface area contributed by atoms with Crippen molar-refractivity contribution in [2.45, 2.75) is 32.6 Å². The van der Waals surface area contributed by atoms with Crippen LogP contribution in [0.5, 0.6) is 5.75 Å². The van der Waals surface area contributed by atoms with Gasteiger partial charge in [-0.25, -0.2) is 0 Å². The Morgan fingerprint density at radius 3 is 2.61 bits per heavy atom. The third kappa shape index (κ3) is 3.75. The molecule has 158 valence electrons. The van der Waals surface area contributed by atoms with Crippen molar-refractivity contribution < 1.29 is 9.53 Å². The molecule has 0 spiro atoms. The van der Waals surface area contributed by atoms with Gasteiger partial charge in [0, 0.05) is 27.9 Å². The van der Waals surface area contributed by atoms with Crippen LogP contribution in [0.15, 0.2) is 75.7 Å². The zero-order chi connectivity index (χ0) is 22.3. The molecule has 0 saturated heterocycles. The molecule has 0 aromatic heterocycles. The molecule has 0 saturated carbocycles. The number of allylic oxidation sites excluding steroid dienone is 3. The number of methoxy groups -OCH3 is 1. The summed E-state index contributed by atoms with van der Waals surface area (Å²) < 4.78 is 6.29. The number of nitriles is 1. The molecule has 0 fully saturated rings. The number of anilines is 1. The lowest BCUT2D eigenvalue weighted by Crippen LogP contribution is -2.42. The quantitative estimate of drug-likeness (QED) is 0.639.